The zero-order valence-corrected chi connectivity index (χ0v) is 11.5. The van der Waals surface area contributed by atoms with Crippen LogP contribution in [0.5, 0.6) is 0 Å². The lowest BCUT2D eigenvalue weighted by Gasteiger charge is -2.07. The number of rotatable bonds is 2. The van der Waals surface area contributed by atoms with E-state index in [-0.39, 0.29) is 5.91 Å². The SMILES string of the molecule is Cc1cc(C)cc(NC(=O)c2ccc3[nH]ccc3c2)c1. The maximum atomic E-state index is 12.3. The lowest BCUT2D eigenvalue weighted by molar-refractivity contribution is 0.102. The Bertz CT molecular complexity index is 766. The minimum Gasteiger partial charge on any atom is -0.361 e. The summed E-state index contributed by atoms with van der Waals surface area (Å²) < 4.78 is 0. The fourth-order valence-electron chi connectivity index (χ4n) is 2.44. The van der Waals surface area contributed by atoms with Gasteiger partial charge in [-0.1, -0.05) is 6.07 Å². The summed E-state index contributed by atoms with van der Waals surface area (Å²) >= 11 is 0. The summed E-state index contributed by atoms with van der Waals surface area (Å²) in [5.41, 5.74) is 4.81. The molecule has 0 fully saturated rings. The molecule has 0 unspecified atom stereocenters. The van der Waals surface area contributed by atoms with E-state index in [4.69, 9.17) is 0 Å². The second-order valence-corrected chi connectivity index (χ2v) is 5.11. The Morgan fingerprint density at radius 3 is 2.50 bits per heavy atom. The predicted molar refractivity (Wildman–Crippen MR) is 82.2 cm³/mol. The number of H-pyrrole nitrogens is 1. The fourth-order valence-corrected chi connectivity index (χ4v) is 2.44. The highest BCUT2D eigenvalue weighted by Crippen LogP contribution is 2.17. The van der Waals surface area contributed by atoms with Crippen LogP contribution in [0, 0.1) is 13.8 Å². The third kappa shape index (κ3) is 2.43. The lowest BCUT2D eigenvalue weighted by Crippen LogP contribution is -2.11. The fraction of sp³-hybridized carbons (Fsp3) is 0.118. The molecular weight excluding hydrogens is 248 g/mol. The molecule has 3 aromatic rings. The molecule has 3 nitrogen and oxygen atoms in total. The van der Waals surface area contributed by atoms with Crippen LogP contribution in [0.15, 0.2) is 48.7 Å². The molecular formula is C17H16N2O. The number of benzene rings is 2. The molecule has 0 atom stereocenters. The van der Waals surface area contributed by atoms with E-state index in [1.54, 1.807) is 0 Å². The molecule has 2 N–H and O–H groups in total. The highest BCUT2D eigenvalue weighted by molar-refractivity contribution is 6.06. The van der Waals surface area contributed by atoms with Crippen molar-refractivity contribution in [3.05, 3.63) is 65.4 Å². The Balaban J connectivity index is 1.88. The number of carbonyl (C=O) groups is 1. The van der Waals surface area contributed by atoms with Crippen molar-refractivity contribution in [3.8, 4) is 0 Å². The summed E-state index contributed by atoms with van der Waals surface area (Å²) in [6.45, 7) is 4.04. The van der Waals surface area contributed by atoms with Crippen LogP contribution in [0.1, 0.15) is 21.5 Å². The molecule has 0 bridgehead atoms. The number of carbonyl (C=O) groups excluding carboxylic acids is 1. The maximum Gasteiger partial charge on any atom is 0.255 e. The Labute approximate surface area is 117 Å². The number of aryl methyl sites for hydroxylation is 2. The van der Waals surface area contributed by atoms with Gasteiger partial charge in [-0.15, -0.1) is 0 Å². The first-order valence-corrected chi connectivity index (χ1v) is 6.58. The number of fused-ring (bicyclic) bond motifs is 1. The number of hydrogen-bond acceptors (Lipinski definition) is 1. The Kier molecular flexibility index (Phi) is 3.03. The molecule has 100 valence electrons. The van der Waals surface area contributed by atoms with Gasteiger partial charge in [0.2, 0.25) is 0 Å². The van der Waals surface area contributed by atoms with Gasteiger partial charge in [-0.3, -0.25) is 4.79 Å². The van der Waals surface area contributed by atoms with Gasteiger partial charge in [0.25, 0.3) is 5.91 Å². The number of hydrogen-bond donors (Lipinski definition) is 2. The van der Waals surface area contributed by atoms with Gasteiger partial charge in [-0.25, -0.2) is 0 Å². The minimum absolute atomic E-state index is 0.0851. The monoisotopic (exact) mass is 264 g/mol. The summed E-state index contributed by atoms with van der Waals surface area (Å²) in [4.78, 5) is 15.4. The topological polar surface area (TPSA) is 44.9 Å². The van der Waals surface area contributed by atoms with Gasteiger partial charge < -0.3 is 10.3 Å². The van der Waals surface area contributed by atoms with Gasteiger partial charge in [0, 0.05) is 28.4 Å². The van der Waals surface area contributed by atoms with Gasteiger partial charge in [0.1, 0.15) is 0 Å². The summed E-state index contributed by atoms with van der Waals surface area (Å²) in [7, 11) is 0. The highest BCUT2D eigenvalue weighted by atomic mass is 16.1. The molecule has 0 aliphatic carbocycles. The second-order valence-electron chi connectivity index (χ2n) is 5.11. The average Bonchev–Trinajstić information content (AvgIpc) is 2.84. The molecule has 3 heteroatoms. The van der Waals surface area contributed by atoms with E-state index in [2.05, 4.69) is 16.4 Å². The molecule has 0 radical (unpaired) electrons. The summed E-state index contributed by atoms with van der Waals surface area (Å²) in [6.07, 6.45) is 1.87. The van der Waals surface area contributed by atoms with E-state index < -0.39 is 0 Å². The van der Waals surface area contributed by atoms with Crippen LogP contribution < -0.4 is 5.32 Å². The molecule has 0 saturated heterocycles. The molecule has 0 spiro atoms. The first kappa shape index (κ1) is 12.5. The van der Waals surface area contributed by atoms with Crippen LogP contribution >= 0.6 is 0 Å². The van der Waals surface area contributed by atoms with Crippen molar-refractivity contribution < 1.29 is 4.79 Å². The molecule has 20 heavy (non-hydrogen) atoms. The van der Waals surface area contributed by atoms with Gasteiger partial charge in [0.15, 0.2) is 0 Å². The third-order valence-electron chi connectivity index (χ3n) is 3.30. The van der Waals surface area contributed by atoms with Crippen LogP contribution in [-0.2, 0) is 0 Å². The van der Waals surface area contributed by atoms with Crippen LogP contribution in [-0.4, -0.2) is 10.9 Å². The molecule has 0 aliphatic rings. The Hall–Kier alpha value is -2.55. The van der Waals surface area contributed by atoms with Crippen LogP contribution in [0.25, 0.3) is 10.9 Å². The molecule has 0 aliphatic heterocycles. The van der Waals surface area contributed by atoms with Crippen molar-refractivity contribution in [3.63, 3.8) is 0 Å². The minimum atomic E-state index is -0.0851. The Morgan fingerprint density at radius 2 is 1.75 bits per heavy atom. The van der Waals surface area contributed by atoms with Crippen LogP contribution in [0.4, 0.5) is 5.69 Å². The number of aromatic amines is 1. The van der Waals surface area contributed by atoms with Gasteiger partial charge in [0.05, 0.1) is 0 Å². The average molecular weight is 264 g/mol. The van der Waals surface area contributed by atoms with E-state index in [0.717, 1.165) is 27.7 Å². The van der Waals surface area contributed by atoms with E-state index in [1.807, 2.05) is 56.4 Å². The van der Waals surface area contributed by atoms with Gasteiger partial charge >= 0.3 is 0 Å². The van der Waals surface area contributed by atoms with Crippen molar-refractivity contribution in [1.82, 2.24) is 4.98 Å². The van der Waals surface area contributed by atoms with Crippen molar-refractivity contribution >= 4 is 22.5 Å². The zero-order chi connectivity index (χ0) is 14.1. The molecule has 2 aromatic carbocycles. The standard InChI is InChI=1S/C17H16N2O/c1-11-7-12(2)9-15(8-11)19-17(20)14-3-4-16-13(10-14)5-6-18-16/h3-10,18H,1-2H3,(H,19,20). The first-order valence-electron chi connectivity index (χ1n) is 6.58. The predicted octanol–water partition coefficient (Wildman–Crippen LogP) is 4.04. The van der Waals surface area contributed by atoms with Crippen molar-refractivity contribution in [2.45, 2.75) is 13.8 Å². The summed E-state index contributed by atoms with van der Waals surface area (Å²) in [5, 5.41) is 3.99. The zero-order valence-electron chi connectivity index (χ0n) is 11.5. The van der Waals surface area contributed by atoms with E-state index in [0.29, 0.717) is 5.56 Å². The third-order valence-corrected chi connectivity index (χ3v) is 3.30. The van der Waals surface area contributed by atoms with E-state index in [1.165, 1.54) is 0 Å². The second kappa shape index (κ2) is 4.85. The lowest BCUT2D eigenvalue weighted by atomic mass is 10.1. The smallest absolute Gasteiger partial charge is 0.255 e. The molecule has 0 saturated carbocycles. The number of anilines is 1. The van der Waals surface area contributed by atoms with Gasteiger partial charge in [-0.2, -0.15) is 0 Å². The number of amides is 1. The van der Waals surface area contributed by atoms with Crippen molar-refractivity contribution in [1.29, 1.82) is 0 Å². The van der Waals surface area contributed by atoms with Crippen molar-refractivity contribution in [2.75, 3.05) is 5.32 Å². The number of aromatic nitrogens is 1. The van der Waals surface area contributed by atoms with Crippen molar-refractivity contribution in [2.24, 2.45) is 0 Å². The maximum absolute atomic E-state index is 12.3. The normalized spacial score (nSPS) is 10.7. The largest absolute Gasteiger partial charge is 0.361 e. The molecule has 1 amide bonds. The van der Waals surface area contributed by atoms with E-state index in [9.17, 15) is 4.79 Å². The summed E-state index contributed by atoms with van der Waals surface area (Å²) in [5.74, 6) is -0.0851. The van der Waals surface area contributed by atoms with E-state index >= 15 is 0 Å². The number of nitrogens with one attached hydrogen (secondary N) is 2. The first-order chi connectivity index (χ1) is 9.61. The Morgan fingerprint density at radius 1 is 1.00 bits per heavy atom. The molecule has 1 heterocycles. The van der Waals surface area contributed by atoms with Crippen LogP contribution in [0.2, 0.25) is 0 Å². The van der Waals surface area contributed by atoms with Gasteiger partial charge in [-0.05, 0) is 61.4 Å². The molecule has 3 rings (SSSR count). The molecule has 1 aromatic heterocycles. The highest BCUT2D eigenvalue weighted by Gasteiger charge is 2.07. The summed E-state index contributed by atoms with van der Waals surface area (Å²) in [6, 6.07) is 13.6. The quantitative estimate of drug-likeness (QED) is 0.721. The van der Waals surface area contributed by atoms with Crippen LogP contribution in [0.3, 0.4) is 0 Å².